The van der Waals surface area contributed by atoms with E-state index in [1.165, 1.54) is 0 Å². The molecule has 2 fully saturated rings. The number of anilines is 1. The topological polar surface area (TPSA) is 63.7 Å². The lowest BCUT2D eigenvalue weighted by Crippen LogP contribution is -2.36. The van der Waals surface area contributed by atoms with Crippen molar-refractivity contribution in [2.75, 3.05) is 51.0 Å². The van der Waals surface area contributed by atoms with Gasteiger partial charge in [-0.3, -0.25) is 9.78 Å². The van der Waals surface area contributed by atoms with Crippen LogP contribution in [0, 0.1) is 5.92 Å². The molecule has 6 nitrogen and oxygen atoms in total. The summed E-state index contributed by atoms with van der Waals surface area (Å²) in [5.41, 5.74) is 1.50. The van der Waals surface area contributed by atoms with E-state index in [0.717, 1.165) is 58.0 Å². The Morgan fingerprint density at radius 2 is 2.18 bits per heavy atom. The van der Waals surface area contributed by atoms with Crippen molar-refractivity contribution in [1.29, 1.82) is 0 Å². The SMILES string of the molecule is O=C(NCC1CCCOC1)c1cc(N2CCOCC2)ccn1. The van der Waals surface area contributed by atoms with Crippen LogP contribution in [0.4, 0.5) is 5.69 Å². The Hall–Kier alpha value is -1.66. The second kappa shape index (κ2) is 7.56. The van der Waals surface area contributed by atoms with Gasteiger partial charge >= 0.3 is 0 Å². The summed E-state index contributed by atoms with van der Waals surface area (Å²) in [4.78, 5) is 18.7. The molecule has 1 unspecified atom stereocenters. The van der Waals surface area contributed by atoms with E-state index < -0.39 is 0 Å². The largest absolute Gasteiger partial charge is 0.381 e. The Balaban J connectivity index is 1.57. The number of ether oxygens (including phenoxy) is 2. The maximum Gasteiger partial charge on any atom is 0.269 e. The summed E-state index contributed by atoms with van der Waals surface area (Å²) in [6.45, 7) is 5.39. The Kier molecular flexibility index (Phi) is 5.24. The molecule has 0 aromatic carbocycles. The number of carbonyl (C=O) groups excluding carboxylic acids is 1. The number of pyridine rings is 1. The fraction of sp³-hybridized carbons (Fsp3) is 0.625. The summed E-state index contributed by atoms with van der Waals surface area (Å²) in [5.74, 6) is 0.306. The molecule has 0 spiro atoms. The first kappa shape index (κ1) is 15.2. The molecule has 22 heavy (non-hydrogen) atoms. The van der Waals surface area contributed by atoms with Gasteiger partial charge in [-0.1, -0.05) is 0 Å². The van der Waals surface area contributed by atoms with Gasteiger partial charge in [0.25, 0.3) is 5.91 Å². The lowest BCUT2D eigenvalue weighted by Gasteiger charge is -2.28. The van der Waals surface area contributed by atoms with E-state index in [1.54, 1.807) is 6.20 Å². The van der Waals surface area contributed by atoms with E-state index in [-0.39, 0.29) is 5.91 Å². The van der Waals surface area contributed by atoms with E-state index in [1.807, 2.05) is 12.1 Å². The fourth-order valence-electron chi connectivity index (χ4n) is 2.86. The molecule has 2 aliphatic heterocycles. The molecule has 0 saturated carbocycles. The molecule has 3 rings (SSSR count). The molecule has 0 radical (unpaired) electrons. The van der Waals surface area contributed by atoms with Crippen molar-refractivity contribution in [2.24, 2.45) is 5.92 Å². The summed E-state index contributed by atoms with van der Waals surface area (Å²) in [6, 6.07) is 3.80. The van der Waals surface area contributed by atoms with E-state index >= 15 is 0 Å². The fourth-order valence-corrected chi connectivity index (χ4v) is 2.86. The van der Waals surface area contributed by atoms with Gasteiger partial charge in [-0.25, -0.2) is 0 Å². The normalized spacial score (nSPS) is 22.4. The van der Waals surface area contributed by atoms with Crippen molar-refractivity contribution in [3.05, 3.63) is 24.0 Å². The number of hydrogen-bond acceptors (Lipinski definition) is 5. The summed E-state index contributed by atoms with van der Waals surface area (Å²) in [5, 5.41) is 2.97. The van der Waals surface area contributed by atoms with Gasteiger partial charge in [0.15, 0.2) is 0 Å². The Bertz CT molecular complexity index is 497. The van der Waals surface area contributed by atoms with Crippen molar-refractivity contribution in [3.63, 3.8) is 0 Å². The van der Waals surface area contributed by atoms with Gasteiger partial charge in [0, 0.05) is 38.1 Å². The van der Waals surface area contributed by atoms with Crippen molar-refractivity contribution >= 4 is 11.6 Å². The Labute approximate surface area is 130 Å². The highest BCUT2D eigenvalue weighted by Gasteiger charge is 2.17. The van der Waals surface area contributed by atoms with Crippen LogP contribution in [0.1, 0.15) is 23.3 Å². The third kappa shape index (κ3) is 3.96. The molecule has 1 aromatic heterocycles. The molecule has 1 amide bonds. The second-order valence-corrected chi connectivity index (χ2v) is 5.79. The van der Waals surface area contributed by atoms with Crippen LogP contribution in [0.15, 0.2) is 18.3 Å². The maximum absolute atomic E-state index is 12.3. The second-order valence-electron chi connectivity index (χ2n) is 5.79. The Morgan fingerprint density at radius 3 is 2.95 bits per heavy atom. The van der Waals surface area contributed by atoms with Crippen molar-refractivity contribution in [1.82, 2.24) is 10.3 Å². The minimum atomic E-state index is -0.110. The van der Waals surface area contributed by atoms with Crippen LogP contribution >= 0.6 is 0 Å². The molecule has 6 heteroatoms. The minimum Gasteiger partial charge on any atom is -0.381 e. The molecule has 120 valence electrons. The molecule has 0 aliphatic carbocycles. The number of rotatable bonds is 4. The zero-order valence-electron chi connectivity index (χ0n) is 12.8. The van der Waals surface area contributed by atoms with Crippen LogP contribution in [-0.4, -0.2) is 57.0 Å². The van der Waals surface area contributed by atoms with Crippen LogP contribution in [0.2, 0.25) is 0 Å². The molecule has 3 heterocycles. The summed E-state index contributed by atoms with van der Waals surface area (Å²) < 4.78 is 10.8. The van der Waals surface area contributed by atoms with E-state index in [2.05, 4.69) is 15.2 Å². The van der Waals surface area contributed by atoms with Gasteiger partial charge in [0.05, 0.1) is 19.8 Å². The lowest BCUT2D eigenvalue weighted by atomic mass is 10.0. The van der Waals surface area contributed by atoms with Gasteiger partial charge in [-0.05, 0) is 30.9 Å². The van der Waals surface area contributed by atoms with Crippen LogP contribution in [0.3, 0.4) is 0 Å². The van der Waals surface area contributed by atoms with Gasteiger partial charge in [-0.2, -0.15) is 0 Å². The number of morpholine rings is 1. The lowest BCUT2D eigenvalue weighted by molar-refractivity contribution is 0.0535. The zero-order chi connectivity index (χ0) is 15.2. The van der Waals surface area contributed by atoms with Crippen molar-refractivity contribution < 1.29 is 14.3 Å². The Morgan fingerprint density at radius 1 is 1.32 bits per heavy atom. The predicted octanol–water partition coefficient (Wildman–Crippen LogP) is 1.07. The van der Waals surface area contributed by atoms with Gasteiger partial charge in [0.1, 0.15) is 5.69 Å². The van der Waals surface area contributed by atoms with Gasteiger partial charge < -0.3 is 19.7 Å². The molecule has 2 aliphatic rings. The standard InChI is InChI=1S/C16H23N3O3/c20-16(18-11-13-2-1-7-22-12-13)15-10-14(3-4-17-15)19-5-8-21-9-6-19/h3-4,10,13H,1-2,5-9,11-12H2,(H,18,20). The first-order valence-electron chi connectivity index (χ1n) is 7.97. The number of aromatic nitrogens is 1. The number of amides is 1. The molecule has 1 aromatic rings. The number of nitrogens with zero attached hydrogens (tertiary/aromatic N) is 2. The summed E-state index contributed by atoms with van der Waals surface area (Å²) in [7, 11) is 0. The predicted molar refractivity (Wildman–Crippen MR) is 83.1 cm³/mol. The summed E-state index contributed by atoms with van der Waals surface area (Å²) >= 11 is 0. The molecular weight excluding hydrogens is 282 g/mol. The van der Waals surface area contributed by atoms with Gasteiger partial charge in [-0.15, -0.1) is 0 Å². The smallest absolute Gasteiger partial charge is 0.269 e. The molecular formula is C16H23N3O3. The minimum absolute atomic E-state index is 0.110. The average Bonchev–Trinajstić information content (AvgIpc) is 2.61. The van der Waals surface area contributed by atoms with Crippen LogP contribution in [-0.2, 0) is 9.47 Å². The van der Waals surface area contributed by atoms with Crippen molar-refractivity contribution in [3.8, 4) is 0 Å². The zero-order valence-corrected chi connectivity index (χ0v) is 12.8. The van der Waals surface area contributed by atoms with Crippen molar-refractivity contribution in [2.45, 2.75) is 12.8 Å². The third-order valence-corrected chi connectivity index (χ3v) is 4.16. The highest BCUT2D eigenvalue weighted by molar-refractivity contribution is 5.93. The molecule has 1 N–H and O–H groups in total. The highest BCUT2D eigenvalue weighted by Crippen LogP contribution is 2.16. The first-order chi connectivity index (χ1) is 10.8. The average molecular weight is 305 g/mol. The highest BCUT2D eigenvalue weighted by atomic mass is 16.5. The maximum atomic E-state index is 12.3. The first-order valence-corrected chi connectivity index (χ1v) is 7.97. The third-order valence-electron chi connectivity index (χ3n) is 4.16. The van der Waals surface area contributed by atoms with Gasteiger partial charge in [0.2, 0.25) is 0 Å². The monoisotopic (exact) mass is 305 g/mol. The molecule has 2 saturated heterocycles. The molecule has 0 bridgehead atoms. The van der Waals surface area contributed by atoms with Crippen LogP contribution in [0.25, 0.3) is 0 Å². The number of nitrogens with one attached hydrogen (secondary N) is 1. The quantitative estimate of drug-likeness (QED) is 0.901. The number of carbonyl (C=O) groups is 1. The summed E-state index contributed by atoms with van der Waals surface area (Å²) in [6.07, 6.45) is 3.89. The number of hydrogen-bond donors (Lipinski definition) is 1. The van der Waals surface area contributed by atoms with E-state index in [4.69, 9.17) is 9.47 Å². The van der Waals surface area contributed by atoms with Crippen LogP contribution in [0.5, 0.6) is 0 Å². The molecule has 1 atom stereocenters. The van der Waals surface area contributed by atoms with E-state index in [9.17, 15) is 4.79 Å². The van der Waals surface area contributed by atoms with Crippen LogP contribution < -0.4 is 10.2 Å². The van der Waals surface area contributed by atoms with E-state index in [0.29, 0.717) is 18.2 Å².